The lowest BCUT2D eigenvalue weighted by atomic mass is 9.88. The van der Waals surface area contributed by atoms with Crippen LogP contribution in [-0.2, 0) is 16.9 Å². The topological polar surface area (TPSA) is 76.1 Å². The Morgan fingerprint density at radius 1 is 1.03 bits per heavy atom. The molecule has 1 aliphatic heterocycles. The molecule has 1 amide bonds. The fourth-order valence-corrected chi connectivity index (χ4v) is 3.96. The van der Waals surface area contributed by atoms with Gasteiger partial charge in [0.1, 0.15) is 17.3 Å². The molecular formula is C25H22FNO5. The highest BCUT2D eigenvalue weighted by molar-refractivity contribution is 6.11. The Kier molecular flexibility index (Phi) is 5.67. The van der Waals surface area contributed by atoms with Gasteiger partial charge in [-0.25, -0.2) is 4.39 Å². The van der Waals surface area contributed by atoms with Crippen molar-refractivity contribution < 1.29 is 28.6 Å². The van der Waals surface area contributed by atoms with Crippen LogP contribution in [-0.4, -0.2) is 31.0 Å². The van der Waals surface area contributed by atoms with Crippen molar-refractivity contribution >= 4 is 17.4 Å². The first kappa shape index (κ1) is 21.5. The molecule has 1 unspecified atom stereocenters. The number of carbonyl (C=O) groups is 2. The minimum atomic E-state index is -2.03. The SMILES string of the molecule is COc1ccc(C(=O)CC2(O)C(=O)N(Cc3ccc(F)cc3)c3ccccc32)c(OC)c1. The average Bonchev–Trinajstić information content (AvgIpc) is 3.01. The van der Waals surface area contributed by atoms with Crippen molar-refractivity contribution in [3.05, 3.63) is 89.2 Å². The van der Waals surface area contributed by atoms with Gasteiger partial charge in [-0.2, -0.15) is 0 Å². The van der Waals surface area contributed by atoms with Crippen LogP contribution >= 0.6 is 0 Å². The molecule has 0 saturated carbocycles. The number of para-hydroxylation sites is 1. The molecule has 1 aliphatic rings. The van der Waals surface area contributed by atoms with Crippen molar-refractivity contribution in [2.75, 3.05) is 19.1 Å². The van der Waals surface area contributed by atoms with Crippen LogP contribution in [0.3, 0.4) is 0 Å². The van der Waals surface area contributed by atoms with E-state index in [2.05, 4.69) is 0 Å². The second kappa shape index (κ2) is 8.43. The van der Waals surface area contributed by atoms with E-state index in [9.17, 15) is 19.1 Å². The molecule has 0 fully saturated rings. The van der Waals surface area contributed by atoms with Crippen LogP contribution in [0.1, 0.15) is 27.9 Å². The number of ether oxygens (including phenoxy) is 2. The standard InChI is InChI=1S/C25H22FNO5/c1-31-18-11-12-19(23(13-18)32-2)22(28)14-25(30)20-5-3-4-6-21(20)27(24(25)29)15-16-7-9-17(26)10-8-16/h3-13,30H,14-15H2,1-2H3. The van der Waals surface area contributed by atoms with E-state index in [0.717, 1.165) is 0 Å². The normalized spacial score (nSPS) is 17.2. The molecule has 1 N–H and O–H groups in total. The molecule has 1 atom stereocenters. The largest absolute Gasteiger partial charge is 0.497 e. The van der Waals surface area contributed by atoms with Crippen LogP contribution in [0.4, 0.5) is 10.1 Å². The smallest absolute Gasteiger partial charge is 0.264 e. The zero-order valence-corrected chi connectivity index (χ0v) is 17.7. The van der Waals surface area contributed by atoms with E-state index in [4.69, 9.17) is 9.47 Å². The number of rotatable bonds is 7. The van der Waals surface area contributed by atoms with E-state index in [1.54, 1.807) is 54.6 Å². The number of Topliss-reactive ketones (excluding diaryl/α,β-unsaturated/α-hetero) is 1. The third kappa shape index (κ3) is 3.71. The van der Waals surface area contributed by atoms with Gasteiger partial charge in [0.2, 0.25) is 0 Å². The fourth-order valence-electron chi connectivity index (χ4n) is 3.96. The lowest BCUT2D eigenvalue weighted by Gasteiger charge is -2.23. The van der Waals surface area contributed by atoms with Gasteiger partial charge in [0.15, 0.2) is 11.4 Å². The van der Waals surface area contributed by atoms with Crippen LogP contribution in [0.25, 0.3) is 0 Å². The molecule has 4 rings (SSSR count). The van der Waals surface area contributed by atoms with Crippen LogP contribution in [0.15, 0.2) is 66.7 Å². The Labute approximate surface area is 184 Å². The first-order valence-electron chi connectivity index (χ1n) is 10.0. The number of anilines is 1. The molecule has 7 heteroatoms. The number of ketones is 1. The second-order valence-electron chi connectivity index (χ2n) is 7.56. The van der Waals surface area contributed by atoms with Gasteiger partial charge in [-0.05, 0) is 35.9 Å². The molecule has 164 valence electrons. The number of hydrogen-bond donors (Lipinski definition) is 1. The summed E-state index contributed by atoms with van der Waals surface area (Å²) in [4.78, 5) is 27.9. The summed E-state index contributed by atoms with van der Waals surface area (Å²) in [6, 6.07) is 17.3. The van der Waals surface area contributed by atoms with Crippen molar-refractivity contribution in [3.63, 3.8) is 0 Å². The summed E-state index contributed by atoms with van der Waals surface area (Å²) in [6.45, 7) is 0.137. The maximum atomic E-state index is 13.4. The van der Waals surface area contributed by atoms with Gasteiger partial charge < -0.3 is 19.5 Å². The Morgan fingerprint density at radius 3 is 2.44 bits per heavy atom. The van der Waals surface area contributed by atoms with Crippen LogP contribution in [0.5, 0.6) is 11.5 Å². The Bertz CT molecular complexity index is 1180. The lowest BCUT2D eigenvalue weighted by Crippen LogP contribution is -2.41. The Hall–Kier alpha value is -3.71. The number of halogens is 1. The van der Waals surface area contributed by atoms with E-state index < -0.39 is 23.7 Å². The predicted octanol–water partition coefficient (Wildman–Crippen LogP) is 3.85. The third-order valence-corrected chi connectivity index (χ3v) is 5.62. The van der Waals surface area contributed by atoms with Gasteiger partial charge >= 0.3 is 0 Å². The molecule has 0 saturated heterocycles. The van der Waals surface area contributed by atoms with Crippen molar-refractivity contribution in [3.8, 4) is 11.5 Å². The summed E-state index contributed by atoms with van der Waals surface area (Å²) in [5, 5.41) is 11.5. The molecule has 0 aliphatic carbocycles. The van der Waals surface area contributed by atoms with E-state index >= 15 is 0 Å². The number of aliphatic hydroxyl groups is 1. The van der Waals surface area contributed by atoms with Gasteiger partial charge in [-0.3, -0.25) is 9.59 Å². The van der Waals surface area contributed by atoms with Gasteiger partial charge in [-0.15, -0.1) is 0 Å². The molecule has 3 aromatic rings. The molecule has 1 heterocycles. The van der Waals surface area contributed by atoms with Crippen molar-refractivity contribution in [1.29, 1.82) is 0 Å². The zero-order chi connectivity index (χ0) is 22.9. The van der Waals surface area contributed by atoms with Gasteiger partial charge in [0, 0.05) is 11.6 Å². The third-order valence-electron chi connectivity index (χ3n) is 5.62. The first-order chi connectivity index (χ1) is 15.4. The van der Waals surface area contributed by atoms with E-state index in [0.29, 0.717) is 28.3 Å². The number of methoxy groups -OCH3 is 2. The summed E-state index contributed by atoms with van der Waals surface area (Å²) >= 11 is 0. The lowest BCUT2D eigenvalue weighted by molar-refractivity contribution is -0.136. The molecule has 0 spiro atoms. The van der Waals surface area contributed by atoms with Gasteiger partial charge in [0.05, 0.1) is 38.4 Å². The quantitative estimate of drug-likeness (QED) is 0.571. The van der Waals surface area contributed by atoms with E-state index in [1.807, 2.05) is 0 Å². The number of fused-ring (bicyclic) bond motifs is 1. The zero-order valence-electron chi connectivity index (χ0n) is 17.7. The van der Waals surface area contributed by atoms with E-state index in [1.165, 1.54) is 31.3 Å². The van der Waals surface area contributed by atoms with E-state index in [-0.39, 0.29) is 17.9 Å². The molecule has 0 bridgehead atoms. The highest BCUT2D eigenvalue weighted by Crippen LogP contribution is 2.44. The Morgan fingerprint density at radius 2 is 1.75 bits per heavy atom. The maximum absolute atomic E-state index is 13.4. The molecule has 32 heavy (non-hydrogen) atoms. The number of carbonyl (C=O) groups excluding carboxylic acids is 2. The fraction of sp³-hybridized carbons (Fsp3) is 0.200. The number of nitrogens with zero attached hydrogens (tertiary/aromatic N) is 1. The average molecular weight is 435 g/mol. The molecule has 6 nitrogen and oxygen atoms in total. The molecule has 0 aromatic heterocycles. The van der Waals surface area contributed by atoms with Gasteiger partial charge in [0.25, 0.3) is 5.91 Å². The highest BCUT2D eigenvalue weighted by Gasteiger charge is 2.51. The second-order valence-corrected chi connectivity index (χ2v) is 7.56. The maximum Gasteiger partial charge on any atom is 0.264 e. The predicted molar refractivity (Wildman–Crippen MR) is 116 cm³/mol. The molecular weight excluding hydrogens is 413 g/mol. The van der Waals surface area contributed by atoms with Crippen LogP contribution < -0.4 is 14.4 Å². The van der Waals surface area contributed by atoms with Crippen LogP contribution in [0, 0.1) is 5.82 Å². The van der Waals surface area contributed by atoms with Crippen molar-refractivity contribution in [2.45, 2.75) is 18.6 Å². The monoisotopic (exact) mass is 435 g/mol. The van der Waals surface area contributed by atoms with Gasteiger partial charge in [-0.1, -0.05) is 30.3 Å². The first-order valence-corrected chi connectivity index (χ1v) is 10.0. The minimum Gasteiger partial charge on any atom is -0.497 e. The number of amides is 1. The van der Waals surface area contributed by atoms with Crippen molar-refractivity contribution in [2.24, 2.45) is 0 Å². The summed E-state index contributed by atoms with van der Waals surface area (Å²) in [5.74, 6) is -0.621. The summed E-state index contributed by atoms with van der Waals surface area (Å²) in [5.41, 5.74) is -0.226. The van der Waals surface area contributed by atoms with Crippen molar-refractivity contribution in [1.82, 2.24) is 0 Å². The van der Waals surface area contributed by atoms with Crippen LogP contribution in [0.2, 0.25) is 0 Å². The highest BCUT2D eigenvalue weighted by atomic mass is 19.1. The summed E-state index contributed by atoms with van der Waals surface area (Å²) in [7, 11) is 2.93. The molecule has 0 radical (unpaired) electrons. The summed E-state index contributed by atoms with van der Waals surface area (Å²) < 4.78 is 23.7. The number of benzene rings is 3. The molecule has 3 aromatic carbocycles. The Balaban J connectivity index is 1.67. The number of hydrogen-bond acceptors (Lipinski definition) is 5. The summed E-state index contributed by atoms with van der Waals surface area (Å²) in [6.07, 6.45) is -0.453. The minimum absolute atomic E-state index is 0.137.